The molecule has 0 spiro atoms. The lowest BCUT2D eigenvalue weighted by Gasteiger charge is -2.19. The van der Waals surface area contributed by atoms with Crippen molar-refractivity contribution in [2.75, 3.05) is 19.0 Å². The van der Waals surface area contributed by atoms with E-state index >= 15 is 0 Å². The van der Waals surface area contributed by atoms with Gasteiger partial charge in [-0.1, -0.05) is 12.2 Å². The van der Waals surface area contributed by atoms with Crippen molar-refractivity contribution in [3.05, 3.63) is 41.7 Å². The van der Waals surface area contributed by atoms with Gasteiger partial charge in [-0.25, -0.2) is 9.18 Å². The van der Waals surface area contributed by atoms with Crippen molar-refractivity contribution in [1.82, 2.24) is 0 Å². The topological polar surface area (TPSA) is 38.3 Å². The summed E-state index contributed by atoms with van der Waals surface area (Å²) < 4.78 is 18.1. The Morgan fingerprint density at radius 2 is 2.25 bits per heavy atom. The van der Waals surface area contributed by atoms with Crippen LogP contribution in [0.4, 0.5) is 10.1 Å². The van der Waals surface area contributed by atoms with Gasteiger partial charge in [-0.2, -0.15) is 0 Å². The lowest BCUT2D eigenvalue weighted by molar-refractivity contribution is 0.0595. The summed E-state index contributed by atoms with van der Waals surface area (Å²) in [7, 11) is 1.25. The van der Waals surface area contributed by atoms with Crippen LogP contribution in [0.1, 0.15) is 23.2 Å². The monoisotopic (exact) mass is 275 g/mol. The van der Waals surface area contributed by atoms with Crippen molar-refractivity contribution in [3.63, 3.8) is 0 Å². The first-order chi connectivity index (χ1) is 9.67. The third-order valence-corrected chi connectivity index (χ3v) is 4.36. The number of fused-ring (bicyclic) bond motifs is 2. The molecule has 0 amide bonds. The summed E-state index contributed by atoms with van der Waals surface area (Å²) in [5.74, 6) is 0.856. The molecule has 2 aliphatic rings. The number of carbonyl (C=O) groups excluding carboxylic acids is 1. The summed E-state index contributed by atoms with van der Waals surface area (Å²) in [6.45, 7) is 0.859. The predicted octanol–water partition coefficient (Wildman–Crippen LogP) is 3.24. The molecule has 4 heteroatoms. The van der Waals surface area contributed by atoms with Gasteiger partial charge >= 0.3 is 5.97 Å². The minimum absolute atomic E-state index is 0.0228. The van der Waals surface area contributed by atoms with Gasteiger partial charge in [-0.15, -0.1) is 0 Å². The van der Waals surface area contributed by atoms with Crippen LogP contribution < -0.4 is 5.32 Å². The lowest BCUT2D eigenvalue weighted by Crippen LogP contribution is -2.18. The van der Waals surface area contributed by atoms with Gasteiger partial charge in [0.25, 0.3) is 0 Å². The summed E-state index contributed by atoms with van der Waals surface area (Å²) in [5, 5.41) is 3.31. The van der Waals surface area contributed by atoms with E-state index in [9.17, 15) is 9.18 Å². The Labute approximate surface area is 117 Å². The highest BCUT2D eigenvalue weighted by Gasteiger charge is 2.35. The van der Waals surface area contributed by atoms with Gasteiger partial charge in [0.05, 0.1) is 12.7 Å². The van der Waals surface area contributed by atoms with Gasteiger partial charge in [0, 0.05) is 12.2 Å². The maximum absolute atomic E-state index is 13.5. The molecule has 1 aromatic carbocycles. The quantitative estimate of drug-likeness (QED) is 0.677. The molecule has 0 aromatic heterocycles. The molecule has 3 rings (SSSR count). The van der Waals surface area contributed by atoms with E-state index in [2.05, 4.69) is 22.2 Å². The standard InChI is InChI=1S/C16H18FNO2/c1-20-16(19)14-8-13(4-5-15(14)17)18-9-12-7-10-2-3-11(12)6-10/h2-5,8,10-12,18H,6-7,9H2,1H3. The first-order valence-electron chi connectivity index (χ1n) is 6.97. The Morgan fingerprint density at radius 3 is 2.90 bits per heavy atom. The van der Waals surface area contributed by atoms with Crippen LogP contribution in [-0.4, -0.2) is 19.6 Å². The molecular formula is C16H18FNO2. The van der Waals surface area contributed by atoms with Crippen molar-refractivity contribution < 1.29 is 13.9 Å². The van der Waals surface area contributed by atoms with Crippen LogP contribution >= 0.6 is 0 Å². The maximum atomic E-state index is 13.5. The number of carbonyl (C=O) groups is 1. The average Bonchev–Trinajstić information content (AvgIpc) is 3.08. The van der Waals surface area contributed by atoms with Crippen molar-refractivity contribution in [1.29, 1.82) is 0 Å². The maximum Gasteiger partial charge on any atom is 0.340 e. The summed E-state index contributed by atoms with van der Waals surface area (Å²) >= 11 is 0. The Bertz CT molecular complexity index is 555. The predicted molar refractivity (Wildman–Crippen MR) is 75.1 cm³/mol. The van der Waals surface area contributed by atoms with Crippen molar-refractivity contribution in [2.45, 2.75) is 12.8 Å². The molecular weight excluding hydrogens is 257 g/mol. The molecule has 2 bridgehead atoms. The Kier molecular flexibility index (Phi) is 3.47. The van der Waals surface area contributed by atoms with Crippen LogP contribution in [-0.2, 0) is 4.74 Å². The molecule has 1 saturated carbocycles. The number of anilines is 1. The molecule has 0 saturated heterocycles. The number of hydrogen-bond acceptors (Lipinski definition) is 3. The van der Waals surface area contributed by atoms with E-state index in [4.69, 9.17) is 0 Å². The van der Waals surface area contributed by atoms with E-state index in [0.717, 1.165) is 18.2 Å². The normalized spacial score (nSPS) is 26.8. The molecule has 2 aliphatic carbocycles. The van der Waals surface area contributed by atoms with E-state index in [-0.39, 0.29) is 5.56 Å². The zero-order valence-electron chi connectivity index (χ0n) is 11.4. The fourth-order valence-corrected chi connectivity index (χ4v) is 3.28. The number of halogens is 1. The van der Waals surface area contributed by atoms with Crippen LogP contribution in [0.15, 0.2) is 30.4 Å². The second-order valence-corrected chi connectivity index (χ2v) is 5.61. The number of esters is 1. The molecule has 20 heavy (non-hydrogen) atoms. The molecule has 0 radical (unpaired) electrons. The number of methoxy groups -OCH3 is 1. The average molecular weight is 275 g/mol. The molecule has 3 atom stereocenters. The Balaban J connectivity index is 1.66. The van der Waals surface area contributed by atoms with E-state index in [1.165, 1.54) is 32.1 Å². The third-order valence-electron chi connectivity index (χ3n) is 4.36. The second-order valence-electron chi connectivity index (χ2n) is 5.61. The minimum atomic E-state index is -0.644. The molecule has 0 heterocycles. The first kappa shape index (κ1) is 13.2. The van der Waals surface area contributed by atoms with Crippen molar-refractivity contribution >= 4 is 11.7 Å². The summed E-state index contributed by atoms with van der Waals surface area (Å²) in [5.41, 5.74) is 0.740. The smallest absolute Gasteiger partial charge is 0.340 e. The number of hydrogen-bond donors (Lipinski definition) is 1. The number of benzene rings is 1. The largest absolute Gasteiger partial charge is 0.465 e. The van der Waals surface area contributed by atoms with E-state index in [0.29, 0.717) is 11.8 Å². The van der Waals surface area contributed by atoms with Crippen LogP contribution in [0.3, 0.4) is 0 Å². The van der Waals surface area contributed by atoms with Gasteiger partial charge in [-0.05, 0) is 48.8 Å². The van der Waals surface area contributed by atoms with Crippen LogP contribution in [0.5, 0.6) is 0 Å². The second kappa shape index (κ2) is 5.27. The molecule has 1 N–H and O–H groups in total. The van der Waals surface area contributed by atoms with E-state index in [1.54, 1.807) is 6.07 Å². The Hall–Kier alpha value is -1.84. The zero-order valence-corrected chi connectivity index (χ0v) is 11.4. The first-order valence-corrected chi connectivity index (χ1v) is 6.97. The van der Waals surface area contributed by atoms with Crippen molar-refractivity contribution in [2.24, 2.45) is 17.8 Å². The van der Waals surface area contributed by atoms with Crippen LogP contribution in [0, 0.1) is 23.6 Å². The van der Waals surface area contributed by atoms with Gasteiger partial charge in [0.1, 0.15) is 5.82 Å². The van der Waals surface area contributed by atoms with Gasteiger partial charge < -0.3 is 10.1 Å². The number of nitrogens with one attached hydrogen (secondary N) is 1. The lowest BCUT2D eigenvalue weighted by atomic mass is 9.93. The molecule has 106 valence electrons. The van der Waals surface area contributed by atoms with E-state index < -0.39 is 11.8 Å². The van der Waals surface area contributed by atoms with Gasteiger partial charge in [-0.3, -0.25) is 0 Å². The van der Waals surface area contributed by atoms with E-state index in [1.807, 2.05) is 0 Å². The highest BCUT2D eigenvalue weighted by Crippen LogP contribution is 2.43. The molecule has 3 unspecified atom stereocenters. The van der Waals surface area contributed by atoms with Gasteiger partial charge in [0.15, 0.2) is 0 Å². The summed E-state index contributed by atoms with van der Waals surface area (Å²) in [6, 6.07) is 4.48. The number of rotatable bonds is 4. The fraction of sp³-hybridized carbons (Fsp3) is 0.438. The number of ether oxygens (including phenoxy) is 1. The molecule has 1 fully saturated rings. The molecule has 3 nitrogen and oxygen atoms in total. The van der Waals surface area contributed by atoms with Crippen LogP contribution in [0.25, 0.3) is 0 Å². The van der Waals surface area contributed by atoms with Gasteiger partial charge in [0.2, 0.25) is 0 Å². The summed E-state index contributed by atoms with van der Waals surface area (Å²) in [6.07, 6.45) is 7.11. The zero-order chi connectivity index (χ0) is 14.1. The highest BCUT2D eigenvalue weighted by atomic mass is 19.1. The summed E-state index contributed by atoms with van der Waals surface area (Å²) in [4.78, 5) is 11.5. The minimum Gasteiger partial charge on any atom is -0.465 e. The number of allylic oxidation sites excluding steroid dienone is 2. The van der Waals surface area contributed by atoms with Crippen LogP contribution in [0.2, 0.25) is 0 Å². The fourth-order valence-electron chi connectivity index (χ4n) is 3.28. The van der Waals surface area contributed by atoms with Crippen molar-refractivity contribution in [3.8, 4) is 0 Å². The Morgan fingerprint density at radius 1 is 1.40 bits per heavy atom. The SMILES string of the molecule is COC(=O)c1cc(NCC2CC3C=CC2C3)ccc1F. The molecule has 0 aliphatic heterocycles. The highest BCUT2D eigenvalue weighted by molar-refractivity contribution is 5.90. The molecule has 1 aromatic rings. The third kappa shape index (κ3) is 2.42.